The van der Waals surface area contributed by atoms with Crippen LogP contribution >= 0.6 is 34.5 Å². The van der Waals surface area contributed by atoms with Gasteiger partial charge in [-0.05, 0) is 18.2 Å². The van der Waals surface area contributed by atoms with Gasteiger partial charge in [-0.2, -0.15) is 0 Å². The largest absolute Gasteiger partial charge is 0.235 e. The standard InChI is InChI=1S/C22H15Cl2NO2S2/c1-29(26,27)19-13-7-4-10-16(19)21-20(14-8-2-5-11-17(14)23)25-22(28-21)15-9-3-6-12-18(15)24/h2-13H,1H3. The Hall–Kier alpha value is -2.18. The van der Waals surface area contributed by atoms with E-state index < -0.39 is 9.84 Å². The smallest absolute Gasteiger partial charge is 0.176 e. The third kappa shape index (κ3) is 3.96. The van der Waals surface area contributed by atoms with Crippen molar-refractivity contribution in [3.8, 4) is 32.3 Å². The molecule has 3 aromatic carbocycles. The Morgan fingerprint density at radius 3 is 1.86 bits per heavy atom. The second-order valence-electron chi connectivity index (χ2n) is 6.42. The molecular weight excluding hydrogens is 445 g/mol. The molecular formula is C22H15Cl2NO2S2. The fraction of sp³-hybridized carbons (Fsp3) is 0.0455. The van der Waals surface area contributed by atoms with Gasteiger partial charge in [0, 0.05) is 22.9 Å². The summed E-state index contributed by atoms with van der Waals surface area (Å²) in [5, 5.41) is 1.82. The first-order chi connectivity index (χ1) is 13.9. The summed E-state index contributed by atoms with van der Waals surface area (Å²) < 4.78 is 24.8. The van der Waals surface area contributed by atoms with E-state index in [1.54, 1.807) is 30.3 Å². The zero-order valence-electron chi connectivity index (χ0n) is 15.3. The maximum atomic E-state index is 12.4. The van der Waals surface area contributed by atoms with Gasteiger partial charge in [-0.15, -0.1) is 11.3 Å². The predicted octanol–water partition coefficient (Wildman–Crippen LogP) is 6.85. The van der Waals surface area contributed by atoms with Crippen molar-refractivity contribution in [3.63, 3.8) is 0 Å². The topological polar surface area (TPSA) is 47.0 Å². The highest BCUT2D eigenvalue weighted by atomic mass is 35.5. The molecule has 0 amide bonds. The fourth-order valence-corrected chi connectivity index (χ4v) is 5.69. The van der Waals surface area contributed by atoms with E-state index in [4.69, 9.17) is 28.2 Å². The summed E-state index contributed by atoms with van der Waals surface area (Å²) in [7, 11) is -3.43. The average molecular weight is 460 g/mol. The van der Waals surface area contributed by atoms with Crippen LogP contribution in [0.25, 0.3) is 32.3 Å². The molecule has 0 radical (unpaired) electrons. The van der Waals surface area contributed by atoms with Crippen molar-refractivity contribution in [1.29, 1.82) is 0 Å². The summed E-state index contributed by atoms with van der Waals surface area (Å²) in [6.07, 6.45) is 1.21. The van der Waals surface area contributed by atoms with Gasteiger partial charge in [-0.25, -0.2) is 13.4 Å². The molecule has 0 saturated carbocycles. The number of rotatable bonds is 4. The lowest BCUT2D eigenvalue weighted by molar-refractivity contribution is 0.602. The molecule has 1 aromatic heterocycles. The van der Waals surface area contributed by atoms with Gasteiger partial charge in [0.15, 0.2) is 9.84 Å². The Morgan fingerprint density at radius 1 is 0.759 bits per heavy atom. The molecule has 0 spiro atoms. The van der Waals surface area contributed by atoms with Crippen LogP contribution in [-0.2, 0) is 9.84 Å². The Kier molecular flexibility index (Phi) is 5.49. The Morgan fingerprint density at radius 2 is 1.28 bits per heavy atom. The van der Waals surface area contributed by atoms with Crippen LogP contribution < -0.4 is 0 Å². The number of hydrogen-bond donors (Lipinski definition) is 0. The molecule has 0 atom stereocenters. The van der Waals surface area contributed by atoms with E-state index in [1.807, 2.05) is 42.5 Å². The summed E-state index contributed by atoms with van der Waals surface area (Å²) in [5.41, 5.74) is 2.75. The highest BCUT2D eigenvalue weighted by Gasteiger charge is 2.23. The summed E-state index contributed by atoms with van der Waals surface area (Å²) in [6.45, 7) is 0. The molecule has 0 unspecified atom stereocenters. The summed E-state index contributed by atoms with van der Waals surface area (Å²) in [5.74, 6) is 0. The van der Waals surface area contributed by atoms with Gasteiger partial charge in [-0.3, -0.25) is 0 Å². The number of sulfone groups is 1. The minimum absolute atomic E-state index is 0.252. The van der Waals surface area contributed by atoms with Crippen molar-refractivity contribution in [2.24, 2.45) is 0 Å². The second-order valence-corrected chi connectivity index (χ2v) is 10.2. The van der Waals surface area contributed by atoms with Gasteiger partial charge in [-0.1, -0.05) is 77.8 Å². The lowest BCUT2D eigenvalue weighted by Gasteiger charge is -2.09. The molecule has 29 heavy (non-hydrogen) atoms. The lowest BCUT2D eigenvalue weighted by Crippen LogP contribution is -1.99. The van der Waals surface area contributed by atoms with Crippen molar-refractivity contribution in [1.82, 2.24) is 4.98 Å². The first-order valence-corrected chi connectivity index (χ1v) is 12.1. The second kappa shape index (κ2) is 7.92. The molecule has 0 fully saturated rings. The van der Waals surface area contributed by atoms with Gasteiger partial charge in [0.1, 0.15) is 5.01 Å². The fourth-order valence-electron chi connectivity index (χ4n) is 3.07. The first kappa shape index (κ1) is 20.1. The van der Waals surface area contributed by atoms with Gasteiger partial charge in [0.05, 0.1) is 25.5 Å². The maximum Gasteiger partial charge on any atom is 0.176 e. The van der Waals surface area contributed by atoms with E-state index in [2.05, 4.69) is 0 Å². The zero-order chi connectivity index (χ0) is 20.6. The number of benzene rings is 3. The Balaban J connectivity index is 2.05. The van der Waals surface area contributed by atoms with Crippen LogP contribution in [0.5, 0.6) is 0 Å². The molecule has 0 bridgehead atoms. The third-order valence-corrected chi connectivity index (χ3v) is 7.33. The van der Waals surface area contributed by atoms with Crippen LogP contribution in [-0.4, -0.2) is 19.7 Å². The zero-order valence-corrected chi connectivity index (χ0v) is 18.4. The Labute approximate surface area is 183 Å². The van der Waals surface area contributed by atoms with Crippen molar-refractivity contribution in [3.05, 3.63) is 82.8 Å². The number of aromatic nitrogens is 1. The van der Waals surface area contributed by atoms with Gasteiger partial charge in [0.25, 0.3) is 0 Å². The van der Waals surface area contributed by atoms with Crippen molar-refractivity contribution in [2.75, 3.05) is 6.26 Å². The van der Waals surface area contributed by atoms with Crippen LogP contribution in [0.15, 0.2) is 77.7 Å². The molecule has 0 N–H and O–H groups in total. The van der Waals surface area contributed by atoms with Crippen LogP contribution in [0.4, 0.5) is 0 Å². The van der Waals surface area contributed by atoms with Gasteiger partial charge < -0.3 is 0 Å². The van der Waals surface area contributed by atoms with E-state index in [0.717, 1.165) is 16.0 Å². The number of thiazole rings is 1. The molecule has 0 aliphatic carbocycles. The normalized spacial score (nSPS) is 11.6. The molecule has 0 aliphatic heterocycles. The summed E-state index contributed by atoms with van der Waals surface area (Å²) >= 11 is 14.2. The molecule has 0 aliphatic rings. The third-order valence-electron chi connectivity index (χ3n) is 4.39. The summed E-state index contributed by atoms with van der Waals surface area (Å²) in [6, 6.07) is 21.8. The van der Waals surface area contributed by atoms with Crippen molar-refractivity contribution >= 4 is 44.4 Å². The Bertz CT molecular complexity index is 1310. The predicted molar refractivity (Wildman–Crippen MR) is 122 cm³/mol. The highest BCUT2D eigenvalue weighted by Crippen LogP contribution is 2.45. The minimum Gasteiger partial charge on any atom is -0.235 e. The number of halogens is 2. The molecule has 1 heterocycles. The lowest BCUT2D eigenvalue weighted by atomic mass is 10.1. The van der Waals surface area contributed by atoms with E-state index in [1.165, 1.54) is 17.6 Å². The van der Waals surface area contributed by atoms with Crippen molar-refractivity contribution < 1.29 is 8.42 Å². The maximum absolute atomic E-state index is 12.4. The monoisotopic (exact) mass is 459 g/mol. The highest BCUT2D eigenvalue weighted by molar-refractivity contribution is 7.90. The van der Waals surface area contributed by atoms with E-state index in [-0.39, 0.29) is 4.90 Å². The van der Waals surface area contributed by atoms with Gasteiger partial charge in [0.2, 0.25) is 0 Å². The van der Waals surface area contributed by atoms with E-state index in [9.17, 15) is 8.42 Å². The molecule has 3 nitrogen and oxygen atoms in total. The van der Waals surface area contributed by atoms with Crippen LogP contribution in [0.1, 0.15) is 0 Å². The quantitative estimate of drug-likeness (QED) is 0.335. The van der Waals surface area contributed by atoms with Crippen molar-refractivity contribution in [2.45, 2.75) is 4.90 Å². The molecule has 4 rings (SSSR count). The summed E-state index contributed by atoms with van der Waals surface area (Å²) in [4.78, 5) is 5.81. The molecule has 4 aromatic rings. The average Bonchev–Trinajstić information content (AvgIpc) is 3.13. The van der Waals surface area contributed by atoms with E-state index >= 15 is 0 Å². The first-order valence-electron chi connectivity index (χ1n) is 8.66. The van der Waals surface area contributed by atoms with Gasteiger partial charge >= 0.3 is 0 Å². The number of nitrogens with zero attached hydrogens (tertiary/aromatic N) is 1. The number of hydrogen-bond acceptors (Lipinski definition) is 4. The molecule has 7 heteroatoms. The molecule has 146 valence electrons. The van der Waals surface area contributed by atoms with Crippen LogP contribution in [0.2, 0.25) is 10.0 Å². The minimum atomic E-state index is -3.43. The SMILES string of the molecule is CS(=O)(=O)c1ccccc1-c1sc(-c2ccccc2Cl)nc1-c1ccccc1Cl. The van der Waals surface area contributed by atoms with E-state index in [0.29, 0.717) is 26.3 Å². The molecule has 0 saturated heterocycles. The van der Waals surface area contributed by atoms with Crippen LogP contribution in [0.3, 0.4) is 0 Å². The van der Waals surface area contributed by atoms with Crippen LogP contribution in [0, 0.1) is 0 Å².